The van der Waals surface area contributed by atoms with Gasteiger partial charge in [-0.1, -0.05) is 42.3 Å². The molecule has 2 amide bonds. The standard InChI is InChI=1S/C20H27N5O2S/c1-13-7-6-8-15(11-13)19(27)21-12-17-23-24-20(25(17)3)28-14(2)18(26)22-16-9-4-5-10-16/h6-8,11,14,16H,4-5,9-10,12H2,1-3H3,(H,21,27)(H,22,26)/t14-/m0/s1. The second-order valence-corrected chi connectivity index (χ2v) is 8.57. The van der Waals surface area contributed by atoms with E-state index in [-0.39, 0.29) is 23.6 Å². The quantitative estimate of drug-likeness (QED) is 0.696. The predicted octanol–water partition coefficient (Wildman–Crippen LogP) is 2.59. The van der Waals surface area contributed by atoms with E-state index in [4.69, 9.17) is 0 Å². The normalized spacial score (nSPS) is 15.4. The fraction of sp³-hybridized carbons (Fsp3) is 0.500. The molecule has 8 heteroatoms. The van der Waals surface area contributed by atoms with E-state index < -0.39 is 0 Å². The highest BCUT2D eigenvalue weighted by Gasteiger charge is 2.23. The summed E-state index contributed by atoms with van der Waals surface area (Å²) >= 11 is 1.38. The molecule has 1 aliphatic carbocycles. The van der Waals surface area contributed by atoms with Crippen LogP contribution in [0.25, 0.3) is 0 Å². The summed E-state index contributed by atoms with van der Waals surface area (Å²) in [4.78, 5) is 24.7. The lowest BCUT2D eigenvalue weighted by Gasteiger charge is -2.16. The van der Waals surface area contributed by atoms with E-state index in [2.05, 4.69) is 20.8 Å². The average molecular weight is 402 g/mol. The van der Waals surface area contributed by atoms with Crippen LogP contribution < -0.4 is 10.6 Å². The Morgan fingerprint density at radius 1 is 1.29 bits per heavy atom. The Morgan fingerprint density at radius 3 is 2.75 bits per heavy atom. The topological polar surface area (TPSA) is 88.9 Å². The Balaban J connectivity index is 1.54. The predicted molar refractivity (Wildman–Crippen MR) is 109 cm³/mol. The van der Waals surface area contributed by atoms with Crippen molar-refractivity contribution >= 4 is 23.6 Å². The zero-order valence-electron chi connectivity index (χ0n) is 16.6. The lowest BCUT2D eigenvalue weighted by molar-refractivity contribution is -0.120. The van der Waals surface area contributed by atoms with Crippen molar-refractivity contribution < 1.29 is 9.59 Å². The molecule has 28 heavy (non-hydrogen) atoms. The summed E-state index contributed by atoms with van der Waals surface area (Å²) in [5.41, 5.74) is 1.66. The molecule has 1 atom stereocenters. The highest BCUT2D eigenvalue weighted by atomic mass is 32.2. The van der Waals surface area contributed by atoms with Gasteiger partial charge in [0.05, 0.1) is 11.8 Å². The molecule has 1 saturated carbocycles. The van der Waals surface area contributed by atoms with Crippen LogP contribution in [0.5, 0.6) is 0 Å². The summed E-state index contributed by atoms with van der Waals surface area (Å²) in [5.74, 6) is 0.534. The lowest BCUT2D eigenvalue weighted by atomic mass is 10.1. The Kier molecular flexibility index (Phi) is 6.72. The third-order valence-corrected chi connectivity index (χ3v) is 6.10. The number of carbonyl (C=O) groups is 2. The van der Waals surface area contributed by atoms with Gasteiger partial charge in [-0.2, -0.15) is 0 Å². The first-order chi connectivity index (χ1) is 13.4. The molecule has 0 unspecified atom stereocenters. The number of thioether (sulfide) groups is 1. The fourth-order valence-corrected chi connectivity index (χ4v) is 4.09. The van der Waals surface area contributed by atoms with Crippen LogP contribution >= 0.6 is 11.8 Å². The van der Waals surface area contributed by atoms with E-state index in [1.165, 1.54) is 24.6 Å². The van der Waals surface area contributed by atoms with Gasteiger partial charge in [0.15, 0.2) is 11.0 Å². The van der Waals surface area contributed by atoms with Gasteiger partial charge in [0.1, 0.15) is 0 Å². The zero-order valence-corrected chi connectivity index (χ0v) is 17.4. The maximum absolute atomic E-state index is 12.4. The van der Waals surface area contributed by atoms with Crippen LogP contribution in [-0.2, 0) is 18.4 Å². The van der Waals surface area contributed by atoms with Crippen molar-refractivity contribution in [3.05, 3.63) is 41.2 Å². The monoisotopic (exact) mass is 401 g/mol. The first-order valence-corrected chi connectivity index (χ1v) is 10.5. The van der Waals surface area contributed by atoms with Crippen LogP contribution in [0.1, 0.15) is 54.4 Å². The highest BCUT2D eigenvalue weighted by molar-refractivity contribution is 8.00. The summed E-state index contributed by atoms with van der Waals surface area (Å²) in [7, 11) is 1.85. The number of benzene rings is 1. The Bertz CT molecular complexity index is 845. The van der Waals surface area contributed by atoms with Crippen LogP contribution in [0.3, 0.4) is 0 Å². The van der Waals surface area contributed by atoms with Crippen LogP contribution in [0.15, 0.2) is 29.4 Å². The molecule has 3 rings (SSSR count). The van der Waals surface area contributed by atoms with E-state index in [0.29, 0.717) is 22.6 Å². The molecule has 2 N–H and O–H groups in total. The van der Waals surface area contributed by atoms with Gasteiger partial charge in [-0.3, -0.25) is 9.59 Å². The van der Waals surface area contributed by atoms with Gasteiger partial charge in [-0.25, -0.2) is 0 Å². The molecule has 1 aromatic heterocycles. The van der Waals surface area contributed by atoms with Gasteiger partial charge in [0.25, 0.3) is 5.91 Å². The largest absolute Gasteiger partial charge is 0.352 e. The van der Waals surface area contributed by atoms with Crippen molar-refractivity contribution in [2.24, 2.45) is 7.05 Å². The van der Waals surface area contributed by atoms with Gasteiger partial charge in [0, 0.05) is 18.7 Å². The van der Waals surface area contributed by atoms with E-state index in [1.54, 1.807) is 6.07 Å². The summed E-state index contributed by atoms with van der Waals surface area (Å²) < 4.78 is 1.82. The number of rotatable bonds is 7. The summed E-state index contributed by atoms with van der Waals surface area (Å²) in [6.07, 6.45) is 4.51. The summed E-state index contributed by atoms with van der Waals surface area (Å²) in [6, 6.07) is 7.75. The molecule has 0 saturated heterocycles. The Hall–Kier alpha value is -2.35. The molecule has 0 spiro atoms. The van der Waals surface area contributed by atoms with Crippen molar-refractivity contribution in [3.8, 4) is 0 Å². The lowest BCUT2D eigenvalue weighted by Crippen LogP contribution is -2.37. The van der Waals surface area contributed by atoms with Gasteiger partial charge in [0.2, 0.25) is 5.91 Å². The molecule has 1 heterocycles. The second-order valence-electron chi connectivity index (χ2n) is 7.26. The molecule has 1 fully saturated rings. The number of nitrogens with zero attached hydrogens (tertiary/aromatic N) is 3. The third-order valence-electron chi connectivity index (χ3n) is 4.97. The maximum atomic E-state index is 12.4. The smallest absolute Gasteiger partial charge is 0.251 e. The number of nitrogens with one attached hydrogen (secondary N) is 2. The van der Waals surface area contributed by atoms with Gasteiger partial charge in [-0.05, 0) is 38.8 Å². The van der Waals surface area contributed by atoms with Crippen LogP contribution in [-0.4, -0.2) is 37.9 Å². The third kappa shape index (κ3) is 5.13. The minimum absolute atomic E-state index is 0.0363. The van der Waals surface area contributed by atoms with E-state index in [9.17, 15) is 9.59 Å². The van der Waals surface area contributed by atoms with Crippen molar-refractivity contribution in [2.45, 2.75) is 62.5 Å². The number of carbonyl (C=O) groups excluding carboxylic acids is 2. The van der Waals surface area contributed by atoms with Crippen molar-refractivity contribution in [3.63, 3.8) is 0 Å². The van der Waals surface area contributed by atoms with Crippen molar-refractivity contribution in [1.29, 1.82) is 0 Å². The molecular formula is C20H27N5O2S. The molecule has 1 aliphatic rings. The second kappa shape index (κ2) is 9.23. The molecule has 2 aromatic rings. The molecule has 0 radical (unpaired) electrons. The van der Waals surface area contributed by atoms with Crippen LogP contribution in [0, 0.1) is 6.92 Å². The number of hydrogen-bond donors (Lipinski definition) is 2. The first-order valence-electron chi connectivity index (χ1n) is 9.64. The number of amides is 2. The molecule has 150 valence electrons. The van der Waals surface area contributed by atoms with E-state index in [0.717, 1.165) is 18.4 Å². The molecule has 1 aromatic carbocycles. The van der Waals surface area contributed by atoms with Crippen LogP contribution in [0.2, 0.25) is 0 Å². The van der Waals surface area contributed by atoms with Gasteiger partial charge < -0.3 is 15.2 Å². The van der Waals surface area contributed by atoms with Crippen LogP contribution in [0.4, 0.5) is 0 Å². The Labute approximate surface area is 169 Å². The number of aryl methyl sites for hydroxylation is 1. The first kappa shape index (κ1) is 20.4. The van der Waals surface area contributed by atoms with E-state index in [1.807, 2.05) is 43.7 Å². The fourth-order valence-electron chi connectivity index (χ4n) is 3.25. The summed E-state index contributed by atoms with van der Waals surface area (Å²) in [5, 5.41) is 14.7. The molecule has 7 nitrogen and oxygen atoms in total. The van der Waals surface area contributed by atoms with Crippen molar-refractivity contribution in [2.75, 3.05) is 0 Å². The highest BCUT2D eigenvalue weighted by Crippen LogP contribution is 2.23. The molecule has 0 aliphatic heterocycles. The number of aromatic nitrogens is 3. The van der Waals surface area contributed by atoms with E-state index >= 15 is 0 Å². The maximum Gasteiger partial charge on any atom is 0.251 e. The minimum Gasteiger partial charge on any atom is -0.352 e. The zero-order chi connectivity index (χ0) is 20.1. The van der Waals surface area contributed by atoms with Gasteiger partial charge in [-0.15, -0.1) is 10.2 Å². The Morgan fingerprint density at radius 2 is 2.04 bits per heavy atom. The molecule has 0 bridgehead atoms. The summed E-state index contributed by atoms with van der Waals surface area (Å²) in [6.45, 7) is 4.11. The average Bonchev–Trinajstić information content (AvgIpc) is 3.30. The minimum atomic E-state index is -0.252. The molecular weight excluding hydrogens is 374 g/mol. The number of hydrogen-bond acceptors (Lipinski definition) is 5. The SMILES string of the molecule is Cc1cccc(C(=O)NCc2nnc(S[C@@H](C)C(=O)NC3CCCC3)n2C)c1. The van der Waals surface area contributed by atoms with Gasteiger partial charge >= 0.3 is 0 Å². The van der Waals surface area contributed by atoms with Crippen molar-refractivity contribution in [1.82, 2.24) is 25.4 Å².